The molecule has 0 aliphatic heterocycles. The molecule has 0 unspecified atom stereocenters. The Morgan fingerprint density at radius 2 is 1.44 bits per heavy atom. The summed E-state index contributed by atoms with van der Waals surface area (Å²) in [6.07, 6.45) is 0.494. The van der Waals surface area contributed by atoms with Crippen LogP contribution in [-0.2, 0) is 16.1 Å². The zero-order valence-electron chi connectivity index (χ0n) is 19.6. The maximum Gasteiger partial charge on any atom is 0.261 e. The standard InChI is InChI=1S/C25H34N2O5/c1-6-23(25(29)26-15-18(2)3)27(16-19-7-9-20(30-4)10-8-19)24(28)17-32-22-13-11-21(31-5)12-14-22/h7-14,18,23H,6,15-17H2,1-5H3,(H,26,29)/t23-/m1/s1. The molecule has 2 aromatic rings. The van der Waals surface area contributed by atoms with Gasteiger partial charge >= 0.3 is 0 Å². The van der Waals surface area contributed by atoms with Gasteiger partial charge in [0.2, 0.25) is 5.91 Å². The monoisotopic (exact) mass is 442 g/mol. The highest BCUT2D eigenvalue weighted by atomic mass is 16.5. The molecule has 0 aliphatic rings. The van der Waals surface area contributed by atoms with Crippen LogP contribution in [-0.4, -0.2) is 50.1 Å². The second kappa shape index (κ2) is 12.6. The summed E-state index contributed by atoms with van der Waals surface area (Å²) >= 11 is 0. The molecule has 0 bridgehead atoms. The predicted octanol–water partition coefficient (Wildman–Crippen LogP) is 3.66. The Morgan fingerprint density at radius 1 is 0.906 bits per heavy atom. The lowest BCUT2D eigenvalue weighted by atomic mass is 10.1. The minimum atomic E-state index is -0.595. The lowest BCUT2D eigenvalue weighted by molar-refractivity contribution is -0.143. The highest BCUT2D eigenvalue weighted by Crippen LogP contribution is 2.19. The van der Waals surface area contributed by atoms with Crippen LogP contribution >= 0.6 is 0 Å². The fraction of sp³-hybridized carbons (Fsp3) is 0.440. The molecule has 2 rings (SSSR count). The molecule has 2 amide bonds. The number of rotatable bonds is 12. The Morgan fingerprint density at radius 3 is 1.94 bits per heavy atom. The number of benzene rings is 2. The number of hydrogen-bond donors (Lipinski definition) is 1. The van der Waals surface area contributed by atoms with Crippen molar-refractivity contribution in [2.24, 2.45) is 5.92 Å². The maximum absolute atomic E-state index is 13.2. The molecular formula is C25H34N2O5. The molecular weight excluding hydrogens is 408 g/mol. The van der Waals surface area contributed by atoms with Gasteiger partial charge in [-0.15, -0.1) is 0 Å². The number of nitrogens with zero attached hydrogens (tertiary/aromatic N) is 1. The van der Waals surface area contributed by atoms with E-state index in [0.29, 0.717) is 36.9 Å². The van der Waals surface area contributed by atoms with Crippen LogP contribution < -0.4 is 19.5 Å². The van der Waals surface area contributed by atoms with E-state index in [9.17, 15) is 9.59 Å². The average molecular weight is 443 g/mol. The van der Waals surface area contributed by atoms with Gasteiger partial charge in [0.25, 0.3) is 5.91 Å². The summed E-state index contributed by atoms with van der Waals surface area (Å²) in [4.78, 5) is 27.6. The first kappa shape index (κ1) is 25.0. The largest absolute Gasteiger partial charge is 0.497 e. The van der Waals surface area contributed by atoms with Crippen LogP contribution in [0, 0.1) is 5.92 Å². The SMILES string of the molecule is CC[C@H](C(=O)NCC(C)C)N(Cc1ccc(OC)cc1)C(=O)COc1ccc(OC)cc1. The number of nitrogens with one attached hydrogen (secondary N) is 1. The van der Waals surface area contributed by atoms with E-state index in [2.05, 4.69) is 5.32 Å². The first-order valence-corrected chi connectivity index (χ1v) is 10.8. The molecule has 7 nitrogen and oxygen atoms in total. The van der Waals surface area contributed by atoms with Gasteiger partial charge in [-0.25, -0.2) is 0 Å². The minimum Gasteiger partial charge on any atom is -0.497 e. The Balaban J connectivity index is 2.17. The van der Waals surface area contributed by atoms with Crippen LogP contribution in [0.1, 0.15) is 32.8 Å². The topological polar surface area (TPSA) is 77.1 Å². The number of ether oxygens (including phenoxy) is 3. The van der Waals surface area contributed by atoms with E-state index in [1.54, 1.807) is 43.4 Å². The second-order valence-corrected chi connectivity index (χ2v) is 7.90. The summed E-state index contributed by atoms with van der Waals surface area (Å²) in [7, 11) is 3.19. The van der Waals surface area contributed by atoms with Crippen LogP contribution in [0.25, 0.3) is 0 Å². The second-order valence-electron chi connectivity index (χ2n) is 7.90. The van der Waals surface area contributed by atoms with Gasteiger partial charge < -0.3 is 24.4 Å². The summed E-state index contributed by atoms with van der Waals surface area (Å²) < 4.78 is 16.1. The zero-order valence-corrected chi connectivity index (χ0v) is 19.6. The first-order valence-electron chi connectivity index (χ1n) is 10.8. The van der Waals surface area contributed by atoms with Crippen molar-refractivity contribution in [3.05, 3.63) is 54.1 Å². The lowest BCUT2D eigenvalue weighted by Crippen LogP contribution is -2.50. The fourth-order valence-corrected chi connectivity index (χ4v) is 3.17. The molecule has 0 heterocycles. The van der Waals surface area contributed by atoms with Gasteiger partial charge in [-0.3, -0.25) is 9.59 Å². The number of methoxy groups -OCH3 is 2. The van der Waals surface area contributed by atoms with E-state index in [0.717, 1.165) is 11.3 Å². The Bertz CT molecular complexity index is 850. The molecule has 174 valence electrons. The molecule has 0 aromatic heterocycles. The van der Waals surface area contributed by atoms with E-state index >= 15 is 0 Å². The van der Waals surface area contributed by atoms with Gasteiger partial charge in [-0.2, -0.15) is 0 Å². The lowest BCUT2D eigenvalue weighted by Gasteiger charge is -2.31. The third-order valence-electron chi connectivity index (χ3n) is 5.00. The van der Waals surface area contributed by atoms with Gasteiger partial charge in [0, 0.05) is 13.1 Å². The highest BCUT2D eigenvalue weighted by Gasteiger charge is 2.29. The van der Waals surface area contributed by atoms with E-state index in [-0.39, 0.29) is 18.4 Å². The summed E-state index contributed by atoms with van der Waals surface area (Å²) in [6, 6.07) is 13.9. The zero-order chi connectivity index (χ0) is 23.5. The molecule has 0 saturated heterocycles. The fourth-order valence-electron chi connectivity index (χ4n) is 3.17. The van der Waals surface area contributed by atoms with Crippen LogP contribution in [0.2, 0.25) is 0 Å². The van der Waals surface area contributed by atoms with Crippen LogP contribution in [0.4, 0.5) is 0 Å². The molecule has 0 fully saturated rings. The third-order valence-corrected chi connectivity index (χ3v) is 5.00. The molecule has 1 N–H and O–H groups in total. The number of hydrogen-bond acceptors (Lipinski definition) is 5. The predicted molar refractivity (Wildman–Crippen MR) is 124 cm³/mol. The molecule has 1 atom stereocenters. The van der Waals surface area contributed by atoms with Crippen LogP contribution in [0.15, 0.2) is 48.5 Å². The number of carbonyl (C=O) groups excluding carboxylic acids is 2. The normalized spacial score (nSPS) is 11.6. The summed E-state index contributed by atoms with van der Waals surface area (Å²) in [6.45, 7) is 6.65. The van der Waals surface area contributed by atoms with Gasteiger partial charge in [0.1, 0.15) is 23.3 Å². The summed E-state index contributed by atoms with van der Waals surface area (Å²) in [5, 5.41) is 2.95. The van der Waals surface area contributed by atoms with E-state index in [1.165, 1.54) is 0 Å². The average Bonchev–Trinajstić information content (AvgIpc) is 2.81. The molecule has 32 heavy (non-hydrogen) atoms. The number of amides is 2. The van der Waals surface area contributed by atoms with E-state index in [4.69, 9.17) is 14.2 Å². The Kier molecular flexibility index (Phi) is 9.85. The maximum atomic E-state index is 13.2. The molecule has 0 saturated carbocycles. The van der Waals surface area contributed by atoms with Crippen molar-refractivity contribution in [1.82, 2.24) is 10.2 Å². The van der Waals surface area contributed by atoms with Crippen molar-refractivity contribution in [3.8, 4) is 17.2 Å². The van der Waals surface area contributed by atoms with Crippen molar-refractivity contribution in [1.29, 1.82) is 0 Å². The van der Waals surface area contributed by atoms with Gasteiger partial charge in [-0.1, -0.05) is 32.9 Å². The quantitative estimate of drug-likeness (QED) is 0.543. The Labute approximate surface area is 190 Å². The highest BCUT2D eigenvalue weighted by molar-refractivity contribution is 5.88. The summed E-state index contributed by atoms with van der Waals surface area (Å²) in [5.41, 5.74) is 0.902. The van der Waals surface area contributed by atoms with Gasteiger partial charge in [0.05, 0.1) is 14.2 Å². The molecule has 0 aliphatic carbocycles. The van der Waals surface area contributed by atoms with Crippen LogP contribution in [0.5, 0.6) is 17.2 Å². The van der Waals surface area contributed by atoms with E-state index in [1.807, 2.05) is 45.0 Å². The third kappa shape index (κ3) is 7.48. The van der Waals surface area contributed by atoms with Crippen LogP contribution in [0.3, 0.4) is 0 Å². The Hall–Kier alpha value is -3.22. The molecule has 0 radical (unpaired) electrons. The van der Waals surface area contributed by atoms with Gasteiger partial charge in [-0.05, 0) is 54.3 Å². The van der Waals surface area contributed by atoms with Gasteiger partial charge in [0.15, 0.2) is 6.61 Å². The summed E-state index contributed by atoms with van der Waals surface area (Å²) in [5.74, 6) is 1.89. The molecule has 7 heteroatoms. The van der Waals surface area contributed by atoms with Crippen molar-refractivity contribution < 1.29 is 23.8 Å². The molecule has 2 aromatic carbocycles. The number of carbonyl (C=O) groups is 2. The van der Waals surface area contributed by atoms with Crippen molar-refractivity contribution in [2.75, 3.05) is 27.4 Å². The van der Waals surface area contributed by atoms with Crippen molar-refractivity contribution >= 4 is 11.8 Å². The van der Waals surface area contributed by atoms with Crippen molar-refractivity contribution in [3.63, 3.8) is 0 Å². The van der Waals surface area contributed by atoms with Crippen molar-refractivity contribution in [2.45, 2.75) is 39.8 Å². The minimum absolute atomic E-state index is 0.160. The molecule has 0 spiro atoms. The van der Waals surface area contributed by atoms with E-state index < -0.39 is 6.04 Å². The smallest absolute Gasteiger partial charge is 0.261 e. The first-order chi connectivity index (χ1) is 15.4.